The molecule has 0 fully saturated rings. The summed E-state index contributed by atoms with van der Waals surface area (Å²) in [5, 5.41) is 18.6. The van der Waals surface area contributed by atoms with Crippen molar-refractivity contribution in [3.8, 4) is 0 Å². The number of nitrogens with zero attached hydrogens (tertiary/aromatic N) is 1. The van der Waals surface area contributed by atoms with Gasteiger partial charge in [0.1, 0.15) is 0 Å². The van der Waals surface area contributed by atoms with Crippen molar-refractivity contribution < 1.29 is 14.9 Å². The van der Waals surface area contributed by atoms with E-state index >= 15 is 0 Å². The molecule has 0 spiro atoms. The highest BCUT2D eigenvalue weighted by Crippen LogP contribution is 2.03. The third-order valence-corrected chi connectivity index (χ3v) is 2.40. The van der Waals surface area contributed by atoms with Crippen molar-refractivity contribution in [1.82, 2.24) is 4.90 Å². The quantitative estimate of drug-likeness (QED) is 0.620. The maximum Gasteiger partial charge on any atom is 0.0900 e. The Labute approximate surface area is 99.2 Å². The lowest BCUT2D eigenvalue weighted by Crippen LogP contribution is -2.40. The minimum absolute atomic E-state index is 0.152. The Hall–Kier alpha value is -0.160. The highest BCUT2D eigenvalue weighted by Gasteiger charge is 2.14. The monoisotopic (exact) mass is 233 g/mol. The van der Waals surface area contributed by atoms with Gasteiger partial charge in [-0.15, -0.1) is 0 Å². The normalized spacial score (nSPS) is 14.1. The first-order valence-electron chi connectivity index (χ1n) is 6.12. The molecule has 0 bridgehead atoms. The third-order valence-electron chi connectivity index (χ3n) is 2.40. The second-order valence-electron chi connectivity index (χ2n) is 4.70. The predicted octanol–water partition coefficient (Wildman–Crippen LogP) is 0.865. The van der Waals surface area contributed by atoms with Crippen molar-refractivity contribution in [1.29, 1.82) is 0 Å². The summed E-state index contributed by atoms with van der Waals surface area (Å²) in [4.78, 5) is 2.16. The summed E-state index contributed by atoms with van der Waals surface area (Å²) in [6.07, 6.45) is 0.443. The molecule has 98 valence electrons. The molecule has 1 atom stereocenters. The summed E-state index contributed by atoms with van der Waals surface area (Å²) in [5.74, 6) is 0. The Balaban J connectivity index is 3.88. The Morgan fingerprint density at radius 2 is 1.81 bits per heavy atom. The summed E-state index contributed by atoms with van der Waals surface area (Å²) >= 11 is 0. The molecule has 4 heteroatoms. The van der Waals surface area contributed by atoms with Crippen LogP contribution in [0, 0.1) is 0 Å². The van der Waals surface area contributed by atoms with Crippen molar-refractivity contribution >= 4 is 0 Å². The van der Waals surface area contributed by atoms with Gasteiger partial charge >= 0.3 is 0 Å². The number of aliphatic hydroxyl groups is 2. The van der Waals surface area contributed by atoms with Crippen LogP contribution < -0.4 is 0 Å². The van der Waals surface area contributed by atoms with Crippen LogP contribution in [-0.4, -0.2) is 59.7 Å². The number of hydrogen-bond donors (Lipinski definition) is 2. The molecular weight excluding hydrogens is 206 g/mol. The van der Waals surface area contributed by atoms with Crippen LogP contribution in [0.3, 0.4) is 0 Å². The van der Waals surface area contributed by atoms with Crippen LogP contribution in [-0.2, 0) is 4.74 Å². The second kappa shape index (κ2) is 8.93. The lowest BCUT2D eigenvalue weighted by atomic mass is 10.2. The maximum absolute atomic E-state index is 9.79. The number of aliphatic hydroxyl groups excluding tert-OH is 2. The third kappa shape index (κ3) is 8.05. The van der Waals surface area contributed by atoms with Crippen LogP contribution in [0.1, 0.15) is 34.1 Å². The molecule has 0 heterocycles. The van der Waals surface area contributed by atoms with Crippen molar-refractivity contribution in [2.45, 2.75) is 52.4 Å². The molecule has 0 saturated carbocycles. The summed E-state index contributed by atoms with van der Waals surface area (Å²) in [6.45, 7) is 10.1. The highest BCUT2D eigenvalue weighted by atomic mass is 16.5. The van der Waals surface area contributed by atoms with E-state index in [-0.39, 0.29) is 12.7 Å². The Morgan fingerprint density at radius 1 is 1.19 bits per heavy atom. The fourth-order valence-electron chi connectivity index (χ4n) is 1.46. The predicted molar refractivity (Wildman–Crippen MR) is 65.5 cm³/mol. The highest BCUT2D eigenvalue weighted by molar-refractivity contribution is 4.68. The summed E-state index contributed by atoms with van der Waals surface area (Å²) in [6, 6.07) is 0.375. The van der Waals surface area contributed by atoms with Gasteiger partial charge in [-0.1, -0.05) is 0 Å². The van der Waals surface area contributed by atoms with Crippen LogP contribution in [0.5, 0.6) is 0 Å². The summed E-state index contributed by atoms with van der Waals surface area (Å²) in [5.41, 5.74) is 0. The van der Waals surface area contributed by atoms with Crippen molar-refractivity contribution in [3.05, 3.63) is 0 Å². The van der Waals surface area contributed by atoms with E-state index in [0.29, 0.717) is 19.2 Å². The Morgan fingerprint density at radius 3 is 2.25 bits per heavy atom. The lowest BCUT2D eigenvalue weighted by molar-refractivity contribution is -0.0129. The van der Waals surface area contributed by atoms with Crippen LogP contribution >= 0.6 is 0 Å². The van der Waals surface area contributed by atoms with E-state index in [4.69, 9.17) is 9.84 Å². The molecule has 2 N–H and O–H groups in total. The first-order chi connectivity index (χ1) is 7.47. The second-order valence-corrected chi connectivity index (χ2v) is 4.70. The van der Waals surface area contributed by atoms with E-state index in [2.05, 4.69) is 18.7 Å². The summed E-state index contributed by atoms with van der Waals surface area (Å²) < 4.78 is 5.36. The van der Waals surface area contributed by atoms with E-state index in [1.807, 2.05) is 13.8 Å². The molecule has 0 amide bonds. The molecule has 0 rings (SSSR count). The summed E-state index contributed by atoms with van der Waals surface area (Å²) in [7, 11) is 0. The van der Waals surface area contributed by atoms with Crippen LogP contribution in [0.25, 0.3) is 0 Å². The Kier molecular flexibility index (Phi) is 8.84. The van der Waals surface area contributed by atoms with Gasteiger partial charge in [0.25, 0.3) is 0 Å². The Bertz CT molecular complexity index is 162. The van der Waals surface area contributed by atoms with Gasteiger partial charge in [0, 0.05) is 25.7 Å². The zero-order valence-corrected chi connectivity index (χ0v) is 11.0. The van der Waals surface area contributed by atoms with Crippen LogP contribution in [0.2, 0.25) is 0 Å². The smallest absolute Gasteiger partial charge is 0.0900 e. The molecule has 0 aromatic carbocycles. The van der Waals surface area contributed by atoms with E-state index < -0.39 is 6.10 Å². The lowest BCUT2D eigenvalue weighted by Gasteiger charge is -2.28. The molecule has 1 unspecified atom stereocenters. The minimum atomic E-state index is -0.455. The fourth-order valence-corrected chi connectivity index (χ4v) is 1.46. The van der Waals surface area contributed by atoms with E-state index in [1.54, 1.807) is 0 Å². The van der Waals surface area contributed by atoms with Gasteiger partial charge in [-0.3, -0.25) is 4.90 Å². The molecule has 0 radical (unpaired) electrons. The van der Waals surface area contributed by atoms with Crippen LogP contribution in [0.4, 0.5) is 0 Å². The first kappa shape index (κ1) is 15.8. The first-order valence-corrected chi connectivity index (χ1v) is 6.12. The van der Waals surface area contributed by atoms with E-state index in [0.717, 1.165) is 13.0 Å². The number of hydrogen-bond acceptors (Lipinski definition) is 4. The zero-order chi connectivity index (χ0) is 12.6. The zero-order valence-electron chi connectivity index (χ0n) is 11.0. The van der Waals surface area contributed by atoms with E-state index in [9.17, 15) is 5.11 Å². The molecule has 0 aliphatic rings. The van der Waals surface area contributed by atoms with Gasteiger partial charge in [-0.2, -0.15) is 0 Å². The number of rotatable bonds is 9. The average molecular weight is 233 g/mol. The molecule has 16 heavy (non-hydrogen) atoms. The molecular formula is C12H27NO3. The topological polar surface area (TPSA) is 52.9 Å². The van der Waals surface area contributed by atoms with Gasteiger partial charge in [0.15, 0.2) is 0 Å². The van der Waals surface area contributed by atoms with Gasteiger partial charge in [-0.05, 0) is 34.1 Å². The van der Waals surface area contributed by atoms with E-state index in [1.165, 1.54) is 0 Å². The van der Waals surface area contributed by atoms with Gasteiger partial charge in [0.05, 0.1) is 18.8 Å². The van der Waals surface area contributed by atoms with Crippen molar-refractivity contribution in [3.63, 3.8) is 0 Å². The molecule has 0 aliphatic heterocycles. The van der Waals surface area contributed by atoms with Crippen molar-refractivity contribution in [2.75, 3.05) is 26.3 Å². The fraction of sp³-hybridized carbons (Fsp3) is 1.00. The minimum Gasteiger partial charge on any atom is -0.396 e. The van der Waals surface area contributed by atoms with Gasteiger partial charge in [-0.25, -0.2) is 0 Å². The molecule has 4 nitrogen and oxygen atoms in total. The van der Waals surface area contributed by atoms with Crippen LogP contribution in [0.15, 0.2) is 0 Å². The molecule has 0 aromatic heterocycles. The van der Waals surface area contributed by atoms with Crippen molar-refractivity contribution in [2.24, 2.45) is 0 Å². The van der Waals surface area contributed by atoms with Gasteiger partial charge < -0.3 is 14.9 Å². The maximum atomic E-state index is 9.79. The molecule has 0 saturated heterocycles. The molecule has 0 aromatic rings. The molecule has 0 aliphatic carbocycles. The largest absolute Gasteiger partial charge is 0.396 e. The average Bonchev–Trinajstić information content (AvgIpc) is 2.20. The SMILES string of the molecule is CC(C)OCC(O)CN(CCCO)C(C)C. The number of ether oxygens (including phenoxy) is 1. The standard InChI is InChI=1S/C12H27NO3/c1-10(2)13(6-5-7-14)8-12(15)9-16-11(3)4/h10-12,14-15H,5-9H2,1-4H3. The van der Waals surface area contributed by atoms with Gasteiger partial charge in [0.2, 0.25) is 0 Å².